The fourth-order valence-corrected chi connectivity index (χ4v) is 1.90. The van der Waals surface area contributed by atoms with Crippen molar-refractivity contribution in [2.24, 2.45) is 5.92 Å². The Balaban J connectivity index is 1.78. The predicted molar refractivity (Wildman–Crippen MR) is 53.9 cm³/mol. The zero-order chi connectivity index (χ0) is 9.54. The first-order valence-corrected chi connectivity index (χ1v) is 5.48. The van der Waals surface area contributed by atoms with E-state index in [4.69, 9.17) is 0 Å². The van der Waals surface area contributed by atoms with E-state index in [2.05, 4.69) is 11.1 Å². The third-order valence-electron chi connectivity index (χ3n) is 3.21. The minimum absolute atomic E-state index is 0.268. The summed E-state index contributed by atoms with van der Waals surface area (Å²) in [6.45, 7) is 0. The quantitative estimate of drug-likeness (QED) is 0.792. The largest absolute Gasteiger partial charge is 0.388 e. The summed E-state index contributed by atoms with van der Waals surface area (Å²) in [5.41, 5.74) is 2.20. The molecule has 74 valence electrons. The molecule has 0 spiro atoms. The van der Waals surface area contributed by atoms with Gasteiger partial charge in [-0.2, -0.15) is 0 Å². The molecule has 1 N–H and O–H groups in total. The van der Waals surface area contributed by atoms with Gasteiger partial charge in [0.1, 0.15) is 0 Å². The molecule has 2 aliphatic carbocycles. The van der Waals surface area contributed by atoms with E-state index in [1.54, 1.807) is 0 Å². The van der Waals surface area contributed by atoms with Gasteiger partial charge in [0.05, 0.1) is 6.10 Å². The van der Waals surface area contributed by atoms with Crippen LogP contribution in [0.2, 0.25) is 0 Å². The molecule has 3 rings (SSSR count). The van der Waals surface area contributed by atoms with E-state index in [0.29, 0.717) is 11.8 Å². The molecule has 0 aromatic carbocycles. The zero-order valence-electron chi connectivity index (χ0n) is 8.19. The van der Waals surface area contributed by atoms with Crippen LogP contribution in [0.4, 0.5) is 0 Å². The van der Waals surface area contributed by atoms with E-state index in [1.165, 1.54) is 31.4 Å². The average Bonchev–Trinajstić information content (AvgIpc) is 3.05. The molecule has 0 aliphatic heterocycles. The van der Waals surface area contributed by atoms with Gasteiger partial charge >= 0.3 is 0 Å². The van der Waals surface area contributed by atoms with Crippen molar-refractivity contribution in [3.63, 3.8) is 0 Å². The van der Waals surface area contributed by atoms with Crippen molar-refractivity contribution in [1.29, 1.82) is 0 Å². The standard InChI is InChI=1S/C12H15NO/c14-12(9-3-4-9)10-5-6-11(13-7-10)8-1-2-8/h5-9,12,14H,1-4H2. The lowest BCUT2D eigenvalue weighted by Gasteiger charge is -2.09. The molecule has 2 heteroatoms. The van der Waals surface area contributed by atoms with Gasteiger partial charge in [-0.1, -0.05) is 6.07 Å². The number of aliphatic hydroxyl groups excluding tert-OH is 1. The van der Waals surface area contributed by atoms with Gasteiger partial charge in [-0.3, -0.25) is 4.98 Å². The number of nitrogens with zero attached hydrogens (tertiary/aromatic N) is 1. The third kappa shape index (κ3) is 1.55. The number of aliphatic hydroxyl groups is 1. The molecular formula is C12H15NO. The minimum atomic E-state index is -0.268. The highest BCUT2D eigenvalue weighted by molar-refractivity contribution is 5.22. The van der Waals surface area contributed by atoms with Crippen molar-refractivity contribution < 1.29 is 5.11 Å². The Morgan fingerprint density at radius 3 is 2.50 bits per heavy atom. The Labute approximate surface area is 84.0 Å². The van der Waals surface area contributed by atoms with Gasteiger partial charge in [0.25, 0.3) is 0 Å². The van der Waals surface area contributed by atoms with E-state index in [9.17, 15) is 5.11 Å². The number of rotatable bonds is 3. The molecule has 0 radical (unpaired) electrons. The molecule has 0 saturated heterocycles. The van der Waals surface area contributed by atoms with Gasteiger partial charge < -0.3 is 5.11 Å². The van der Waals surface area contributed by atoms with E-state index < -0.39 is 0 Å². The van der Waals surface area contributed by atoms with Crippen LogP contribution in [0.15, 0.2) is 18.3 Å². The summed E-state index contributed by atoms with van der Waals surface area (Å²) in [7, 11) is 0. The third-order valence-corrected chi connectivity index (χ3v) is 3.21. The molecular weight excluding hydrogens is 174 g/mol. The van der Waals surface area contributed by atoms with Crippen LogP contribution < -0.4 is 0 Å². The lowest BCUT2D eigenvalue weighted by atomic mass is 10.1. The van der Waals surface area contributed by atoms with Crippen molar-refractivity contribution in [2.45, 2.75) is 37.7 Å². The fourth-order valence-electron chi connectivity index (χ4n) is 1.90. The number of aromatic nitrogens is 1. The normalized spacial score (nSPS) is 23.5. The Kier molecular flexibility index (Phi) is 1.84. The first-order chi connectivity index (χ1) is 6.84. The van der Waals surface area contributed by atoms with Crippen molar-refractivity contribution in [3.8, 4) is 0 Å². The smallest absolute Gasteiger partial charge is 0.0833 e. The summed E-state index contributed by atoms with van der Waals surface area (Å²) in [6.07, 6.45) is 6.51. The number of pyridine rings is 1. The Hall–Kier alpha value is -0.890. The lowest BCUT2D eigenvalue weighted by molar-refractivity contribution is 0.153. The van der Waals surface area contributed by atoms with Crippen LogP contribution >= 0.6 is 0 Å². The van der Waals surface area contributed by atoms with Crippen LogP contribution in [-0.4, -0.2) is 10.1 Å². The Bertz CT molecular complexity index is 325. The fraction of sp³-hybridized carbons (Fsp3) is 0.583. The first-order valence-electron chi connectivity index (χ1n) is 5.48. The molecule has 1 heterocycles. The average molecular weight is 189 g/mol. The van der Waals surface area contributed by atoms with Crippen molar-refractivity contribution in [1.82, 2.24) is 4.98 Å². The molecule has 0 amide bonds. The molecule has 1 unspecified atom stereocenters. The summed E-state index contributed by atoms with van der Waals surface area (Å²) in [5.74, 6) is 1.21. The second-order valence-corrected chi connectivity index (χ2v) is 4.57. The van der Waals surface area contributed by atoms with Gasteiger partial charge in [0, 0.05) is 17.8 Å². The van der Waals surface area contributed by atoms with Gasteiger partial charge in [-0.25, -0.2) is 0 Å². The van der Waals surface area contributed by atoms with E-state index in [0.717, 1.165) is 5.56 Å². The Morgan fingerprint density at radius 2 is 2.00 bits per heavy atom. The molecule has 0 bridgehead atoms. The summed E-state index contributed by atoms with van der Waals surface area (Å²) < 4.78 is 0. The van der Waals surface area contributed by atoms with Gasteiger partial charge in [-0.05, 0) is 43.2 Å². The molecule has 14 heavy (non-hydrogen) atoms. The summed E-state index contributed by atoms with van der Waals surface area (Å²) in [5, 5.41) is 9.87. The molecule has 2 saturated carbocycles. The molecule has 1 aromatic heterocycles. The van der Waals surface area contributed by atoms with E-state index >= 15 is 0 Å². The molecule has 1 atom stereocenters. The molecule has 2 aliphatic rings. The SMILES string of the molecule is OC(c1ccc(C2CC2)nc1)C1CC1. The monoisotopic (exact) mass is 189 g/mol. The molecule has 2 fully saturated rings. The van der Waals surface area contributed by atoms with Crippen LogP contribution in [0.3, 0.4) is 0 Å². The number of hydrogen-bond acceptors (Lipinski definition) is 2. The highest BCUT2D eigenvalue weighted by atomic mass is 16.3. The van der Waals surface area contributed by atoms with E-state index in [1.807, 2.05) is 12.3 Å². The number of hydrogen-bond donors (Lipinski definition) is 1. The van der Waals surface area contributed by atoms with Gasteiger partial charge in [0.15, 0.2) is 0 Å². The second kappa shape index (κ2) is 3.06. The second-order valence-electron chi connectivity index (χ2n) is 4.57. The van der Waals surface area contributed by atoms with Crippen LogP contribution in [0, 0.1) is 5.92 Å². The topological polar surface area (TPSA) is 33.1 Å². The van der Waals surface area contributed by atoms with Crippen LogP contribution in [-0.2, 0) is 0 Å². The lowest BCUT2D eigenvalue weighted by Crippen LogP contribution is -2.00. The maximum atomic E-state index is 9.87. The van der Waals surface area contributed by atoms with Gasteiger partial charge in [-0.15, -0.1) is 0 Å². The van der Waals surface area contributed by atoms with Crippen molar-refractivity contribution in [3.05, 3.63) is 29.6 Å². The summed E-state index contributed by atoms with van der Waals surface area (Å²) >= 11 is 0. The highest BCUT2D eigenvalue weighted by Gasteiger charge is 2.31. The minimum Gasteiger partial charge on any atom is -0.388 e. The summed E-state index contributed by atoms with van der Waals surface area (Å²) in [6, 6.07) is 4.13. The van der Waals surface area contributed by atoms with Crippen LogP contribution in [0.5, 0.6) is 0 Å². The maximum Gasteiger partial charge on any atom is 0.0833 e. The highest BCUT2D eigenvalue weighted by Crippen LogP contribution is 2.42. The summed E-state index contributed by atoms with van der Waals surface area (Å²) in [4.78, 5) is 4.41. The maximum absolute atomic E-state index is 9.87. The van der Waals surface area contributed by atoms with Crippen molar-refractivity contribution >= 4 is 0 Å². The van der Waals surface area contributed by atoms with Gasteiger partial charge in [0.2, 0.25) is 0 Å². The molecule has 2 nitrogen and oxygen atoms in total. The Morgan fingerprint density at radius 1 is 1.21 bits per heavy atom. The predicted octanol–water partition coefficient (Wildman–Crippen LogP) is 2.40. The zero-order valence-corrected chi connectivity index (χ0v) is 8.19. The van der Waals surface area contributed by atoms with E-state index in [-0.39, 0.29) is 6.10 Å². The molecule has 1 aromatic rings. The van der Waals surface area contributed by atoms with Crippen LogP contribution in [0.25, 0.3) is 0 Å². The first kappa shape index (κ1) is 8.42. The van der Waals surface area contributed by atoms with Crippen molar-refractivity contribution in [2.75, 3.05) is 0 Å². The van der Waals surface area contributed by atoms with Crippen LogP contribution in [0.1, 0.15) is 49.0 Å².